The molecule has 0 aromatic carbocycles. The molecule has 11 heavy (non-hydrogen) atoms. The Morgan fingerprint density at radius 3 is 2.91 bits per heavy atom. The monoisotopic (exact) mass is 154 g/mol. The molecule has 0 amide bonds. The summed E-state index contributed by atoms with van der Waals surface area (Å²) in [5.74, 6) is 0. The normalized spacial score (nSPS) is 20.0. The van der Waals surface area contributed by atoms with Crippen LogP contribution in [0.3, 0.4) is 0 Å². The van der Waals surface area contributed by atoms with Crippen molar-refractivity contribution in [3.63, 3.8) is 0 Å². The molecule has 2 nitrogen and oxygen atoms in total. The number of likely N-dealkylation sites (N-methyl/N-ethyl adjacent to an activating group) is 2. The van der Waals surface area contributed by atoms with E-state index in [1.54, 1.807) is 5.57 Å². The van der Waals surface area contributed by atoms with E-state index in [9.17, 15) is 0 Å². The van der Waals surface area contributed by atoms with E-state index in [1.165, 1.54) is 19.5 Å². The van der Waals surface area contributed by atoms with E-state index in [1.807, 2.05) is 7.05 Å². The van der Waals surface area contributed by atoms with E-state index in [0.717, 1.165) is 13.1 Å². The Morgan fingerprint density at radius 2 is 2.45 bits per heavy atom. The van der Waals surface area contributed by atoms with Crippen LogP contribution in [0.2, 0.25) is 0 Å². The predicted octanol–water partition coefficient (Wildman–Crippen LogP) is 0.858. The zero-order valence-electron chi connectivity index (χ0n) is 7.56. The van der Waals surface area contributed by atoms with Gasteiger partial charge >= 0.3 is 0 Å². The van der Waals surface area contributed by atoms with Crippen LogP contribution in [0.25, 0.3) is 0 Å². The fourth-order valence-corrected chi connectivity index (χ4v) is 1.43. The smallest absolute Gasteiger partial charge is 0.0166 e. The number of hydrogen-bond acceptors (Lipinski definition) is 2. The van der Waals surface area contributed by atoms with E-state index in [2.05, 4.69) is 23.2 Å². The average molecular weight is 154 g/mol. The number of nitrogens with zero attached hydrogens (tertiary/aromatic N) is 1. The van der Waals surface area contributed by atoms with Gasteiger partial charge in [-0.05, 0) is 20.0 Å². The molecule has 2 heteroatoms. The maximum absolute atomic E-state index is 3.18. The summed E-state index contributed by atoms with van der Waals surface area (Å²) in [7, 11) is 2.01. The van der Waals surface area contributed by atoms with Gasteiger partial charge < -0.3 is 5.32 Å². The van der Waals surface area contributed by atoms with Gasteiger partial charge in [0.2, 0.25) is 0 Å². The number of nitrogens with one attached hydrogen (secondary N) is 1. The first-order chi connectivity index (χ1) is 5.36. The van der Waals surface area contributed by atoms with Crippen molar-refractivity contribution in [3.05, 3.63) is 11.6 Å². The molecule has 0 atom stereocenters. The summed E-state index contributed by atoms with van der Waals surface area (Å²) in [6.07, 6.45) is 3.60. The highest BCUT2D eigenvalue weighted by Crippen LogP contribution is 2.08. The molecule has 1 N–H and O–H groups in total. The van der Waals surface area contributed by atoms with Gasteiger partial charge in [0.15, 0.2) is 0 Å². The topological polar surface area (TPSA) is 15.3 Å². The second-order valence-electron chi connectivity index (χ2n) is 3.04. The lowest BCUT2D eigenvalue weighted by Crippen LogP contribution is -2.30. The minimum absolute atomic E-state index is 1.07. The van der Waals surface area contributed by atoms with Crippen molar-refractivity contribution >= 4 is 0 Å². The standard InChI is InChI=1S/C9H18N2/c1-3-11-6-4-9(5-7-11)8-10-2/h4,10H,3,5-8H2,1-2H3. The molecule has 0 aliphatic carbocycles. The van der Waals surface area contributed by atoms with Crippen molar-refractivity contribution in [1.29, 1.82) is 0 Å². The van der Waals surface area contributed by atoms with Crippen LogP contribution < -0.4 is 5.32 Å². The zero-order valence-corrected chi connectivity index (χ0v) is 7.56. The van der Waals surface area contributed by atoms with E-state index in [4.69, 9.17) is 0 Å². The summed E-state index contributed by atoms with van der Waals surface area (Å²) in [5, 5.41) is 3.18. The largest absolute Gasteiger partial charge is 0.316 e. The molecule has 0 bridgehead atoms. The van der Waals surface area contributed by atoms with Crippen molar-refractivity contribution < 1.29 is 0 Å². The predicted molar refractivity (Wildman–Crippen MR) is 48.7 cm³/mol. The minimum atomic E-state index is 1.07. The van der Waals surface area contributed by atoms with Crippen LogP contribution in [0.5, 0.6) is 0 Å². The van der Waals surface area contributed by atoms with Crippen LogP contribution in [-0.4, -0.2) is 38.1 Å². The lowest BCUT2D eigenvalue weighted by molar-refractivity contribution is 0.308. The van der Waals surface area contributed by atoms with Crippen LogP contribution in [-0.2, 0) is 0 Å². The van der Waals surface area contributed by atoms with Gasteiger partial charge in [-0.2, -0.15) is 0 Å². The Hall–Kier alpha value is -0.340. The van der Waals surface area contributed by atoms with Gasteiger partial charge in [0.1, 0.15) is 0 Å². The highest BCUT2D eigenvalue weighted by atomic mass is 15.1. The van der Waals surface area contributed by atoms with E-state index >= 15 is 0 Å². The van der Waals surface area contributed by atoms with E-state index in [0.29, 0.717) is 0 Å². The highest BCUT2D eigenvalue weighted by molar-refractivity contribution is 5.08. The molecule has 0 radical (unpaired) electrons. The molecular formula is C9H18N2. The maximum Gasteiger partial charge on any atom is 0.0166 e. The molecule has 0 unspecified atom stereocenters. The molecule has 0 aromatic heterocycles. The Bertz CT molecular complexity index is 140. The Morgan fingerprint density at radius 1 is 1.64 bits per heavy atom. The second-order valence-corrected chi connectivity index (χ2v) is 3.04. The van der Waals surface area contributed by atoms with Gasteiger partial charge in [0, 0.05) is 19.6 Å². The second kappa shape index (κ2) is 4.52. The van der Waals surface area contributed by atoms with Crippen molar-refractivity contribution in [2.45, 2.75) is 13.3 Å². The summed E-state index contributed by atoms with van der Waals surface area (Å²) in [5.41, 5.74) is 1.57. The lowest BCUT2D eigenvalue weighted by Gasteiger charge is -2.24. The van der Waals surface area contributed by atoms with Gasteiger partial charge in [-0.25, -0.2) is 0 Å². The molecule has 1 aliphatic rings. The first kappa shape index (κ1) is 8.75. The van der Waals surface area contributed by atoms with Crippen molar-refractivity contribution in [3.8, 4) is 0 Å². The first-order valence-corrected chi connectivity index (χ1v) is 4.41. The quantitative estimate of drug-likeness (QED) is 0.606. The van der Waals surface area contributed by atoms with Crippen LogP contribution in [0.4, 0.5) is 0 Å². The third kappa shape index (κ3) is 2.64. The summed E-state index contributed by atoms with van der Waals surface area (Å²) in [4.78, 5) is 2.46. The zero-order chi connectivity index (χ0) is 8.10. The van der Waals surface area contributed by atoms with Crippen molar-refractivity contribution in [2.75, 3.05) is 33.2 Å². The van der Waals surface area contributed by atoms with Gasteiger partial charge in [-0.3, -0.25) is 4.90 Å². The molecule has 1 aliphatic heterocycles. The minimum Gasteiger partial charge on any atom is -0.316 e. The molecule has 0 saturated heterocycles. The third-order valence-corrected chi connectivity index (χ3v) is 2.24. The SMILES string of the molecule is CCN1CC=C(CNC)CC1. The number of hydrogen-bond donors (Lipinski definition) is 1. The van der Waals surface area contributed by atoms with Gasteiger partial charge in [-0.1, -0.05) is 18.6 Å². The van der Waals surface area contributed by atoms with E-state index < -0.39 is 0 Å². The Balaban J connectivity index is 2.31. The summed E-state index contributed by atoms with van der Waals surface area (Å²) >= 11 is 0. The molecule has 64 valence electrons. The van der Waals surface area contributed by atoms with Gasteiger partial charge in [-0.15, -0.1) is 0 Å². The molecule has 1 heterocycles. The number of rotatable bonds is 3. The Kier molecular flexibility index (Phi) is 3.60. The fourth-order valence-electron chi connectivity index (χ4n) is 1.43. The summed E-state index contributed by atoms with van der Waals surface area (Å²) in [6.45, 7) is 6.86. The van der Waals surface area contributed by atoms with E-state index in [-0.39, 0.29) is 0 Å². The lowest BCUT2D eigenvalue weighted by atomic mass is 10.1. The Labute approximate surface area is 69.3 Å². The third-order valence-electron chi connectivity index (χ3n) is 2.24. The molecule has 1 rings (SSSR count). The fraction of sp³-hybridized carbons (Fsp3) is 0.778. The maximum atomic E-state index is 3.18. The first-order valence-electron chi connectivity index (χ1n) is 4.41. The molecule has 0 saturated carbocycles. The van der Waals surface area contributed by atoms with Crippen LogP contribution >= 0.6 is 0 Å². The highest BCUT2D eigenvalue weighted by Gasteiger charge is 2.07. The molecule has 0 aromatic rings. The molecule has 0 fully saturated rings. The average Bonchev–Trinajstić information content (AvgIpc) is 2.07. The van der Waals surface area contributed by atoms with Gasteiger partial charge in [0.25, 0.3) is 0 Å². The van der Waals surface area contributed by atoms with Crippen LogP contribution in [0, 0.1) is 0 Å². The summed E-state index contributed by atoms with van der Waals surface area (Å²) in [6, 6.07) is 0. The molecule has 0 spiro atoms. The van der Waals surface area contributed by atoms with Crippen LogP contribution in [0.15, 0.2) is 11.6 Å². The van der Waals surface area contributed by atoms with Crippen molar-refractivity contribution in [2.24, 2.45) is 0 Å². The van der Waals surface area contributed by atoms with Crippen molar-refractivity contribution in [1.82, 2.24) is 10.2 Å². The van der Waals surface area contributed by atoms with Crippen LogP contribution in [0.1, 0.15) is 13.3 Å². The molecular weight excluding hydrogens is 136 g/mol. The van der Waals surface area contributed by atoms with Gasteiger partial charge in [0.05, 0.1) is 0 Å². The summed E-state index contributed by atoms with van der Waals surface area (Å²) < 4.78 is 0.